The summed E-state index contributed by atoms with van der Waals surface area (Å²) in [5, 5.41) is 5.08. The van der Waals surface area contributed by atoms with Crippen LogP contribution in [0, 0.1) is 0 Å². The fraction of sp³-hybridized carbons (Fsp3) is 0.714. The summed E-state index contributed by atoms with van der Waals surface area (Å²) in [5.74, 6) is 0. The maximum Gasteiger partial charge on any atom is 0.244 e. The quantitative estimate of drug-likeness (QED) is 0.860. The van der Waals surface area contributed by atoms with Gasteiger partial charge in [0.2, 0.25) is 10.0 Å². The number of nitrogens with one attached hydrogen (secondary N) is 1. The Morgan fingerprint density at radius 3 is 2.90 bits per heavy atom. The molecular formula is C14H25N3O2S2. The third-order valence-electron chi connectivity index (χ3n) is 3.95. The highest BCUT2D eigenvalue weighted by Crippen LogP contribution is 2.27. The van der Waals surface area contributed by atoms with Crippen LogP contribution in [-0.2, 0) is 16.6 Å². The van der Waals surface area contributed by atoms with Gasteiger partial charge in [-0.1, -0.05) is 6.92 Å². The van der Waals surface area contributed by atoms with Crippen molar-refractivity contribution in [2.75, 3.05) is 33.7 Å². The van der Waals surface area contributed by atoms with Crippen molar-refractivity contribution in [3.05, 3.63) is 16.3 Å². The van der Waals surface area contributed by atoms with E-state index in [1.807, 2.05) is 26.4 Å². The second kappa shape index (κ2) is 7.19. The number of hydrogen-bond acceptors (Lipinski definition) is 5. The van der Waals surface area contributed by atoms with E-state index in [-0.39, 0.29) is 0 Å². The normalized spacial score (nSPS) is 21.0. The van der Waals surface area contributed by atoms with Gasteiger partial charge in [0.25, 0.3) is 0 Å². The Kier molecular flexibility index (Phi) is 5.79. The van der Waals surface area contributed by atoms with Crippen LogP contribution in [0.5, 0.6) is 0 Å². The van der Waals surface area contributed by atoms with Crippen LogP contribution in [0.1, 0.15) is 24.6 Å². The van der Waals surface area contributed by atoms with E-state index in [1.165, 1.54) is 11.3 Å². The minimum Gasteiger partial charge on any atom is -0.312 e. The summed E-state index contributed by atoms with van der Waals surface area (Å²) in [4.78, 5) is 3.51. The number of piperidine rings is 1. The van der Waals surface area contributed by atoms with Crippen molar-refractivity contribution in [3.63, 3.8) is 0 Å². The van der Waals surface area contributed by atoms with Gasteiger partial charge in [-0.05, 0) is 44.9 Å². The molecule has 1 N–H and O–H groups in total. The second-order valence-corrected chi connectivity index (χ2v) is 8.52. The van der Waals surface area contributed by atoms with Crippen molar-refractivity contribution >= 4 is 21.4 Å². The predicted molar refractivity (Wildman–Crippen MR) is 87.2 cm³/mol. The van der Waals surface area contributed by atoms with Crippen molar-refractivity contribution in [1.82, 2.24) is 14.5 Å². The molecule has 2 heterocycles. The van der Waals surface area contributed by atoms with Gasteiger partial charge in [0.15, 0.2) is 0 Å². The smallest absolute Gasteiger partial charge is 0.244 e. The van der Waals surface area contributed by atoms with Gasteiger partial charge in [-0.2, -0.15) is 4.31 Å². The summed E-state index contributed by atoms with van der Waals surface area (Å²) in [6.07, 6.45) is 1.99. The van der Waals surface area contributed by atoms with Crippen LogP contribution in [0.2, 0.25) is 0 Å². The first kappa shape index (κ1) is 16.9. The first-order chi connectivity index (χ1) is 9.96. The summed E-state index contributed by atoms with van der Waals surface area (Å²) >= 11 is 1.51. The molecule has 0 amide bonds. The number of thiophene rings is 1. The molecule has 1 fully saturated rings. The Labute approximate surface area is 132 Å². The first-order valence-electron chi connectivity index (χ1n) is 7.40. The lowest BCUT2D eigenvalue weighted by Crippen LogP contribution is -2.47. The predicted octanol–water partition coefficient (Wildman–Crippen LogP) is 1.57. The van der Waals surface area contributed by atoms with Crippen LogP contribution < -0.4 is 5.32 Å². The fourth-order valence-electron chi connectivity index (χ4n) is 2.63. The maximum atomic E-state index is 12.9. The molecule has 1 aliphatic heterocycles. The molecule has 0 bridgehead atoms. The number of sulfonamides is 1. The van der Waals surface area contributed by atoms with E-state index in [0.717, 1.165) is 24.3 Å². The van der Waals surface area contributed by atoms with Gasteiger partial charge >= 0.3 is 0 Å². The third-order valence-corrected chi connectivity index (χ3v) is 6.95. The summed E-state index contributed by atoms with van der Waals surface area (Å²) in [6, 6.07) is 2.05. The van der Waals surface area contributed by atoms with E-state index >= 15 is 0 Å². The molecule has 5 nitrogen and oxygen atoms in total. The zero-order valence-corrected chi connectivity index (χ0v) is 14.6. The van der Waals surface area contributed by atoms with Crippen molar-refractivity contribution in [1.29, 1.82) is 0 Å². The topological polar surface area (TPSA) is 52.7 Å². The molecule has 1 saturated heterocycles. The van der Waals surface area contributed by atoms with Gasteiger partial charge in [0.05, 0.1) is 4.90 Å². The number of hydrogen-bond donors (Lipinski definition) is 1. The Morgan fingerprint density at radius 2 is 2.24 bits per heavy atom. The Balaban J connectivity index is 2.19. The highest BCUT2D eigenvalue weighted by atomic mass is 32.2. The lowest BCUT2D eigenvalue weighted by molar-refractivity contribution is 0.190. The monoisotopic (exact) mass is 331 g/mol. The lowest BCUT2D eigenvalue weighted by atomic mass is 10.1. The van der Waals surface area contributed by atoms with E-state index in [0.29, 0.717) is 30.6 Å². The van der Waals surface area contributed by atoms with Crippen molar-refractivity contribution in [3.8, 4) is 0 Å². The van der Waals surface area contributed by atoms with Crippen molar-refractivity contribution < 1.29 is 8.42 Å². The molecule has 0 aliphatic carbocycles. The number of rotatable bonds is 6. The van der Waals surface area contributed by atoms with Gasteiger partial charge in [-0.3, -0.25) is 0 Å². The van der Waals surface area contributed by atoms with Crippen LogP contribution in [0.15, 0.2) is 16.3 Å². The number of likely N-dealkylation sites (N-methyl/N-ethyl adjacent to an activating group) is 1. The summed E-state index contributed by atoms with van der Waals surface area (Å²) < 4.78 is 27.4. The van der Waals surface area contributed by atoms with Gasteiger partial charge < -0.3 is 10.2 Å². The van der Waals surface area contributed by atoms with E-state index < -0.39 is 10.0 Å². The molecule has 21 heavy (non-hydrogen) atoms. The average molecular weight is 332 g/mol. The highest BCUT2D eigenvalue weighted by Gasteiger charge is 2.32. The summed E-state index contributed by atoms with van der Waals surface area (Å²) in [5.41, 5.74) is 0. The van der Waals surface area contributed by atoms with E-state index in [9.17, 15) is 8.42 Å². The Morgan fingerprint density at radius 1 is 1.48 bits per heavy atom. The molecule has 120 valence electrons. The van der Waals surface area contributed by atoms with E-state index in [2.05, 4.69) is 10.2 Å². The van der Waals surface area contributed by atoms with Gasteiger partial charge in [0.1, 0.15) is 0 Å². The molecule has 1 atom stereocenters. The zero-order chi connectivity index (χ0) is 15.5. The Hall–Kier alpha value is -0.470. The average Bonchev–Trinajstić information content (AvgIpc) is 2.94. The van der Waals surface area contributed by atoms with Crippen molar-refractivity contribution in [2.24, 2.45) is 0 Å². The molecule has 1 aromatic rings. The van der Waals surface area contributed by atoms with Crippen LogP contribution in [0.4, 0.5) is 0 Å². The van der Waals surface area contributed by atoms with Crippen LogP contribution in [0.25, 0.3) is 0 Å². The summed E-state index contributed by atoms with van der Waals surface area (Å²) in [7, 11) is 0.663. The van der Waals surface area contributed by atoms with Gasteiger partial charge in [0, 0.05) is 30.6 Å². The SMILES string of the molecule is CCNCc1sccc1S(=O)(=O)N1CCCC(N(C)C)C1. The maximum absolute atomic E-state index is 12.9. The Bertz CT molecular complexity index is 554. The van der Waals surface area contributed by atoms with Gasteiger partial charge in [-0.25, -0.2) is 8.42 Å². The lowest BCUT2D eigenvalue weighted by Gasteiger charge is -2.35. The molecule has 0 radical (unpaired) electrons. The molecule has 1 aromatic heterocycles. The fourth-order valence-corrected chi connectivity index (χ4v) is 5.53. The molecule has 1 unspecified atom stereocenters. The molecule has 0 spiro atoms. The van der Waals surface area contributed by atoms with Gasteiger partial charge in [-0.15, -0.1) is 11.3 Å². The van der Waals surface area contributed by atoms with Crippen LogP contribution in [0.3, 0.4) is 0 Å². The number of nitrogens with zero attached hydrogens (tertiary/aromatic N) is 2. The summed E-state index contributed by atoms with van der Waals surface area (Å²) in [6.45, 7) is 4.70. The molecule has 1 aliphatic rings. The largest absolute Gasteiger partial charge is 0.312 e. The van der Waals surface area contributed by atoms with Crippen LogP contribution >= 0.6 is 11.3 Å². The molecule has 0 aromatic carbocycles. The highest BCUT2D eigenvalue weighted by molar-refractivity contribution is 7.89. The van der Waals surface area contributed by atoms with E-state index in [1.54, 1.807) is 10.4 Å². The second-order valence-electron chi connectivity index (χ2n) is 5.61. The molecule has 7 heteroatoms. The van der Waals surface area contributed by atoms with Crippen molar-refractivity contribution in [2.45, 2.75) is 37.2 Å². The minimum absolute atomic E-state index is 0.310. The van der Waals surface area contributed by atoms with Crippen LogP contribution in [-0.4, -0.2) is 57.4 Å². The molecular weight excluding hydrogens is 306 g/mol. The standard InChI is InChI=1S/C14H25N3O2S2/c1-4-15-10-13-14(7-9-20-13)21(18,19)17-8-5-6-12(11-17)16(2)3/h7,9,12,15H,4-6,8,10-11H2,1-3H3. The molecule has 2 rings (SSSR count). The third kappa shape index (κ3) is 3.84. The molecule has 0 saturated carbocycles. The van der Waals surface area contributed by atoms with E-state index in [4.69, 9.17) is 0 Å². The first-order valence-corrected chi connectivity index (χ1v) is 9.72. The zero-order valence-electron chi connectivity index (χ0n) is 13.0. The minimum atomic E-state index is -3.37.